The first kappa shape index (κ1) is 16.8. The molecule has 1 aliphatic carbocycles. The first-order valence-corrected chi connectivity index (χ1v) is 8.36. The van der Waals surface area contributed by atoms with Crippen molar-refractivity contribution in [2.45, 2.75) is 45.1 Å². The molecule has 0 aromatic heterocycles. The van der Waals surface area contributed by atoms with Crippen LogP contribution in [-0.2, 0) is 9.53 Å². The van der Waals surface area contributed by atoms with Gasteiger partial charge in [-0.05, 0) is 57.2 Å². The van der Waals surface area contributed by atoms with Crippen molar-refractivity contribution in [2.24, 2.45) is 5.92 Å². The second-order valence-electron chi connectivity index (χ2n) is 5.83. The summed E-state index contributed by atoms with van der Waals surface area (Å²) in [6.07, 6.45) is 5.39. The predicted molar refractivity (Wildman–Crippen MR) is 86.9 cm³/mol. The van der Waals surface area contributed by atoms with Crippen molar-refractivity contribution >= 4 is 5.97 Å². The average molecular weight is 305 g/mol. The van der Waals surface area contributed by atoms with E-state index in [-0.39, 0.29) is 5.97 Å². The van der Waals surface area contributed by atoms with Crippen LogP contribution >= 0.6 is 0 Å². The molecule has 1 aromatic rings. The van der Waals surface area contributed by atoms with Crippen LogP contribution in [-0.4, -0.2) is 31.8 Å². The van der Waals surface area contributed by atoms with Crippen molar-refractivity contribution in [3.05, 3.63) is 30.3 Å². The van der Waals surface area contributed by atoms with Crippen molar-refractivity contribution in [1.82, 2.24) is 5.32 Å². The van der Waals surface area contributed by atoms with E-state index >= 15 is 0 Å². The molecule has 0 unspecified atom stereocenters. The Kier molecular flexibility index (Phi) is 7.23. The van der Waals surface area contributed by atoms with Gasteiger partial charge >= 0.3 is 5.97 Å². The van der Waals surface area contributed by atoms with E-state index in [1.165, 1.54) is 12.8 Å². The molecular formula is C18H27NO3. The van der Waals surface area contributed by atoms with Gasteiger partial charge in [0.25, 0.3) is 0 Å². The first-order chi connectivity index (χ1) is 10.8. The molecule has 2 rings (SSSR count). The summed E-state index contributed by atoms with van der Waals surface area (Å²) in [5, 5.41) is 3.37. The monoisotopic (exact) mass is 305 g/mol. The van der Waals surface area contributed by atoms with Gasteiger partial charge in [0.15, 0.2) is 0 Å². The minimum Gasteiger partial charge on any atom is -0.490 e. The molecule has 0 amide bonds. The van der Waals surface area contributed by atoms with Crippen LogP contribution < -0.4 is 10.1 Å². The van der Waals surface area contributed by atoms with Gasteiger partial charge in [-0.15, -0.1) is 0 Å². The van der Waals surface area contributed by atoms with Gasteiger partial charge in [0.1, 0.15) is 5.75 Å². The van der Waals surface area contributed by atoms with E-state index in [9.17, 15) is 4.79 Å². The van der Waals surface area contributed by atoms with Crippen molar-refractivity contribution < 1.29 is 14.3 Å². The van der Waals surface area contributed by atoms with Gasteiger partial charge < -0.3 is 14.8 Å². The van der Waals surface area contributed by atoms with Crippen LogP contribution in [0.5, 0.6) is 5.75 Å². The van der Waals surface area contributed by atoms with E-state index in [1.807, 2.05) is 37.3 Å². The maximum atomic E-state index is 11.2. The maximum absolute atomic E-state index is 11.2. The highest BCUT2D eigenvalue weighted by atomic mass is 16.5. The SMILES string of the molecule is CCOC(=O)CCNCC1CCC(Oc2ccccc2)CC1. The van der Waals surface area contributed by atoms with Gasteiger partial charge in [0.05, 0.1) is 19.1 Å². The lowest BCUT2D eigenvalue weighted by Crippen LogP contribution is -2.31. The molecule has 22 heavy (non-hydrogen) atoms. The summed E-state index contributed by atoms with van der Waals surface area (Å²) in [5.41, 5.74) is 0. The van der Waals surface area contributed by atoms with Crippen LogP contribution in [0.3, 0.4) is 0 Å². The molecule has 0 bridgehead atoms. The molecule has 0 heterocycles. The summed E-state index contributed by atoms with van der Waals surface area (Å²) in [5.74, 6) is 1.55. The zero-order valence-corrected chi connectivity index (χ0v) is 13.4. The Balaban J connectivity index is 1.56. The van der Waals surface area contributed by atoms with E-state index in [0.29, 0.717) is 31.6 Å². The number of nitrogens with one attached hydrogen (secondary N) is 1. The van der Waals surface area contributed by atoms with Crippen molar-refractivity contribution in [2.75, 3.05) is 19.7 Å². The number of carbonyl (C=O) groups is 1. The molecular weight excluding hydrogens is 278 g/mol. The molecule has 0 aliphatic heterocycles. The normalized spacial score (nSPS) is 21.3. The van der Waals surface area contributed by atoms with Crippen LogP contribution in [0.4, 0.5) is 0 Å². The van der Waals surface area contributed by atoms with Crippen molar-refractivity contribution in [1.29, 1.82) is 0 Å². The van der Waals surface area contributed by atoms with Gasteiger partial charge in [-0.3, -0.25) is 4.79 Å². The summed E-state index contributed by atoms with van der Waals surface area (Å²) in [6, 6.07) is 10.1. The van der Waals surface area contributed by atoms with Gasteiger partial charge in [0.2, 0.25) is 0 Å². The molecule has 4 heteroatoms. The summed E-state index contributed by atoms with van der Waals surface area (Å²) in [4.78, 5) is 11.2. The first-order valence-electron chi connectivity index (χ1n) is 8.36. The number of esters is 1. The second kappa shape index (κ2) is 9.46. The summed E-state index contributed by atoms with van der Waals surface area (Å²) in [6.45, 7) is 3.99. The average Bonchev–Trinajstić information content (AvgIpc) is 2.54. The Morgan fingerprint density at radius 1 is 1.18 bits per heavy atom. The topological polar surface area (TPSA) is 47.6 Å². The van der Waals surface area contributed by atoms with Gasteiger partial charge in [-0.25, -0.2) is 0 Å². The number of rotatable bonds is 8. The Morgan fingerprint density at radius 3 is 2.59 bits per heavy atom. The molecule has 1 aromatic carbocycles. The van der Waals surface area contributed by atoms with E-state index in [1.54, 1.807) is 0 Å². The third kappa shape index (κ3) is 6.06. The summed E-state index contributed by atoms with van der Waals surface area (Å²) >= 11 is 0. The van der Waals surface area contributed by atoms with Crippen LogP contribution in [0.15, 0.2) is 30.3 Å². The highest BCUT2D eigenvalue weighted by Crippen LogP contribution is 2.27. The summed E-state index contributed by atoms with van der Waals surface area (Å²) in [7, 11) is 0. The maximum Gasteiger partial charge on any atom is 0.307 e. The highest BCUT2D eigenvalue weighted by molar-refractivity contribution is 5.69. The number of ether oxygens (including phenoxy) is 2. The lowest BCUT2D eigenvalue weighted by Gasteiger charge is -2.29. The molecule has 0 radical (unpaired) electrons. The Bertz CT molecular complexity index is 427. The fraction of sp³-hybridized carbons (Fsp3) is 0.611. The zero-order valence-electron chi connectivity index (χ0n) is 13.4. The zero-order chi connectivity index (χ0) is 15.6. The lowest BCUT2D eigenvalue weighted by molar-refractivity contribution is -0.142. The molecule has 1 aliphatic rings. The molecule has 1 saturated carbocycles. The molecule has 122 valence electrons. The minimum atomic E-state index is -0.116. The number of carbonyl (C=O) groups excluding carboxylic acids is 1. The number of benzene rings is 1. The number of para-hydroxylation sites is 1. The van der Waals surface area contributed by atoms with E-state index in [2.05, 4.69) is 5.32 Å². The van der Waals surface area contributed by atoms with Crippen molar-refractivity contribution in [3.8, 4) is 5.75 Å². The largest absolute Gasteiger partial charge is 0.490 e. The lowest BCUT2D eigenvalue weighted by atomic mass is 9.87. The van der Waals surface area contributed by atoms with Crippen LogP contribution in [0.1, 0.15) is 39.0 Å². The predicted octanol–water partition coefficient (Wildman–Crippen LogP) is 3.17. The van der Waals surface area contributed by atoms with Crippen molar-refractivity contribution in [3.63, 3.8) is 0 Å². The standard InChI is InChI=1S/C18H27NO3/c1-2-21-18(20)12-13-19-14-15-8-10-17(11-9-15)22-16-6-4-3-5-7-16/h3-7,15,17,19H,2,8-14H2,1H3. The molecule has 1 fully saturated rings. The third-order valence-corrected chi connectivity index (χ3v) is 4.08. The highest BCUT2D eigenvalue weighted by Gasteiger charge is 2.22. The number of hydrogen-bond donors (Lipinski definition) is 1. The van der Waals surface area contributed by atoms with E-state index in [4.69, 9.17) is 9.47 Å². The Labute approximate surface area is 133 Å². The number of hydrogen-bond acceptors (Lipinski definition) is 4. The molecule has 4 nitrogen and oxygen atoms in total. The van der Waals surface area contributed by atoms with Crippen LogP contribution in [0, 0.1) is 5.92 Å². The fourth-order valence-electron chi connectivity index (χ4n) is 2.88. The summed E-state index contributed by atoms with van der Waals surface area (Å²) < 4.78 is 10.9. The molecule has 0 spiro atoms. The van der Waals surface area contributed by atoms with Crippen LogP contribution in [0.25, 0.3) is 0 Å². The molecule has 1 N–H and O–H groups in total. The van der Waals surface area contributed by atoms with Gasteiger partial charge in [-0.1, -0.05) is 18.2 Å². The van der Waals surface area contributed by atoms with Gasteiger partial charge in [0, 0.05) is 6.54 Å². The molecule has 0 saturated heterocycles. The Morgan fingerprint density at radius 2 is 1.91 bits per heavy atom. The quantitative estimate of drug-likeness (QED) is 0.592. The van der Waals surface area contributed by atoms with Gasteiger partial charge in [-0.2, -0.15) is 0 Å². The second-order valence-corrected chi connectivity index (χ2v) is 5.83. The fourth-order valence-corrected chi connectivity index (χ4v) is 2.88. The van der Waals surface area contributed by atoms with E-state index < -0.39 is 0 Å². The molecule has 0 atom stereocenters. The smallest absolute Gasteiger partial charge is 0.307 e. The third-order valence-electron chi connectivity index (χ3n) is 4.08. The van der Waals surface area contributed by atoms with Crippen LogP contribution in [0.2, 0.25) is 0 Å². The Hall–Kier alpha value is -1.55. The minimum absolute atomic E-state index is 0.116. The van der Waals surface area contributed by atoms with E-state index in [0.717, 1.165) is 25.1 Å².